The zero-order valence-electron chi connectivity index (χ0n) is 12.0. The van der Waals surface area contributed by atoms with E-state index < -0.39 is 0 Å². The maximum atomic E-state index is 12.6. The number of carbonyl (C=O) groups excluding carboxylic acids is 1. The van der Waals surface area contributed by atoms with Gasteiger partial charge in [0, 0.05) is 17.6 Å². The second-order valence-corrected chi connectivity index (χ2v) is 7.33. The van der Waals surface area contributed by atoms with Crippen molar-refractivity contribution in [2.75, 3.05) is 12.0 Å². The molecule has 2 aliphatic carbocycles. The number of carbonyl (C=O) groups is 1. The van der Waals surface area contributed by atoms with Gasteiger partial charge in [-0.3, -0.25) is 4.79 Å². The normalized spacial score (nSPS) is 44.5. The summed E-state index contributed by atoms with van der Waals surface area (Å²) in [6, 6.07) is 0. The highest BCUT2D eigenvalue weighted by Gasteiger charge is 2.57. The van der Waals surface area contributed by atoms with Crippen molar-refractivity contribution in [1.82, 2.24) is 0 Å². The molecule has 0 saturated heterocycles. The lowest BCUT2D eigenvalue weighted by atomic mass is 9.48. The number of allylic oxidation sites excluding steroid dienone is 1. The minimum atomic E-state index is -0.0485. The SMILES string of the molecule is C=C[C@@]1(C)[C@H](C)CC[C@]2(CSC)C(=O)CCC[C@@H]21. The summed E-state index contributed by atoms with van der Waals surface area (Å²) >= 11 is 1.85. The molecule has 0 amide bonds. The molecule has 0 aromatic carbocycles. The number of thioether (sulfide) groups is 1. The van der Waals surface area contributed by atoms with Gasteiger partial charge >= 0.3 is 0 Å². The van der Waals surface area contributed by atoms with Crippen molar-refractivity contribution in [3.63, 3.8) is 0 Å². The molecule has 102 valence electrons. The summed E-state index contributed by atoms with van der Waals surface area (Å²) in [4.78, 5) is 12.6. The summed E-state index contributed by atoms with van der Waals surface area (Å²) in [5.41, 5.74) is 0.0944. The highest BCUT2D eigenvalue weighted by Crippen LogP contribution is 2.59. The molecular weight excluding hydrogens is 240 g/mol. The van der Waals surface area contributed by atoms with E-state index in [0.717, 1.165) is 25.0 Å². The number of hydrogen-bond acceptors (Lipinski definition) is 2. The molecule has 0 spiro atoms. The lowest BCUT2D eigenvalue weighted by Gasteiger charge is -2.57. The lowest BCUT2D eigenvalue weighted by Crippen LogP contribution is -2.55. The third-order valence-electron chi connectivity index (χ3n) is 5.80. The Morgan fingerprint density at radius 1 is 1.50 bits per heavy atom. The summed E-state index contributed by atoms with van der Waals surface area (Å²) in [5.74, 6) is 2.71. The van der Waals surface area contributed by atoms with E-state index in [4.69, 9.17) is 0 Å². The van der Waals surface area contributed by atoms with Gasteiger partial charge in [-0.1, -0.05) is 19.9 Å². The van der Waals surface area contributed by atoms with E-state index in [2.05, 4.69) is 32.8 Å². The minimum absolute atomic E-state index is 0.0485. The molecule has 0 N–H and O–H groups in total. The first-order valence-electron chi connectivity index (χ1n) is 7.17. The van der Waals surface area contributed by atoms with Crippen LogP contribution >= 0.6 is 11.8 Å². The monoisotopic (exact) mass is 266 g/mol. The first kappa shape index (κ1) is 14.2. The van der Waals surface area contributed by atoms with Crippen LogP contribution in [0.15, 0.2) is 12.7 Å². The molecule has 0 radical (unpaired) electrons. The largest absolute Gasteiger partial charge is 0.299 e. The molecule has 2 rings (SSSR count). The number of ketones is 1. The molecule has 0 unspecified atom stereocenters. The van der Waals surface area contributed by atoms with Crippen LogP contribution in [0.4, 0.5) is 0 Å². The van der Waals surface area contributed by atoms with Gasteiger partial charge in [-0.2, -0.15) is 11.8 Å². The van der Waals surface area contributed by atoms with Crippen LogP contribution in [-0.4, -0.2) is 17.8 Å². The Labute approximate surface area is 116 Å². The van der Waals surface area contributed by atoms with E-state index in [1.165, 1.54) is 12.8 Å². The van der Waals surface area contributed by atoms with Crippen molar-refractivity contribution in [2.24, 2.45) is 22.7 Å². The fourth-order valence-corrected chi connectivity index (χ4v) is 5.41. The van der Waals surface area contributed by atoms with Crippen molar-refractivity contribution >= 4 is 17.5 Å². The predicted molar refractivity (Wildman–Crippen MR) is 79.9 cm³/mol. The number of hydrogen-bond donors (Lipinski definition) is 0. The molecule has 2 fully saturated rings. The van der Waals surface area contributed by atoms with Crippen molar-refractivity contribution < 1.29 is 4.79 Å². The lowest BCUT2D eigenvalue weighted by molar-refractivity contribution is -0.143. The Balaban J connectivity index is 2.43. The average Bonchev–Trinajstić information content (AvgIpc) is 2.37. The maximum Gasteiger partial charge on any atom is 0.140 e. The van der Waals surface area contributed by atoms with E-state index in [9.17, 15) is 4.79 Å². The van der Waals surface area contributed by atoms with Crippen molar-refractivity contribution in [2.45, 2.75) is 46.0 Å². The summed E-state index contributed by atoms with van der Waals surface area (Å²) in [5, 5.41) is 0. The fourth-order valence-electron chi connectivity index (χ4n) is 4.39. The van der Waals surface area contributed by atoms with Crippen molar-refractivity contribution in [3.05, 3.63) is 12.7 Å². The average molecular weight is 266 g/mol. The minimum Gasteiger partial charge on any atom is -0.299 e. The van der Waals surface area contributed by atoms with E-state index in [1.54, 1.807) is 0 Å². The van der Waals surface area contributed by atoms with Gasteiger partial charge in [0.25, 0.3) is 0 Å². The van der Waals surface area contributed by atoms with E-state index in [-0.39, 0.29) is 10.8 Å². The first-order valence-corrected chi connectivity index (χ1v) is 8.56. The molecule has 4 atom stereocenters. The van der Waals surface area contributed by atoms with Crippen LogP contribution in [0.2, 0.25) is 0 Å². The summed E-state index contributed by atoms with van der Waals surface area (Å²) in [7, 11) is 0. The smallest absolute Gasteiger partial charge is 0.140 e. The Bertz CT molecular complexity index is 351. The number of rotatable bonds is 3. The van der Waals surface area contributed by atoms with Gasteiger partial charge in [0.1, 0.15) is 5.78 Å². The Morgan fingerprint density at radius 2 is 2.22 bits per heavy atom. The molecule has 0 aliphatic heterocycles. The number of fused-ring (bicyclic) bond motifs is 1. The van der Waals surface area contributed by atoms with Gasteiger partial charge in [0.15, 0.2) is 0 Å². The molecular formula is C16H26OS. The van der Waals surface area contributed by atoms with Gasteiger partial charge in [0.2, 0.25) is 0 Å². The molecule has 2 saturated carbocycles. The molecule has 2 aliphatic rings. The maximum absolute atomic E-state index is 12.6. The second kappa shape index (κ2) is 5.03. The van der Waals surface area contributed by atoms with E-state index >= 15 is 0 Å². The van der Waals surface area contributed by atoms with E-state index in [0.29, 0.717) is 17.6 Å². The highest BCUT2D eigenvalue weighted by atomic mass is 32.2. The van der Waals surface area contributed by atoms with Crippen LogP contribution in [0.3, 0.4) is 0 Å². The molecule has 2 heteroatoms. The first-order chi connectivity index (χ1) is 8.51. The standard InChI is InChI=1S/C16H26OS/c1-5-15(3)12(2)9-10-16(11-18-4)13(15)7-6-8-14(16)17/h5,12-13H,1,6-11H2,2-4H3/t12-,13-,15+,16-/m1/s1. The van der Waals surface area contributed by atoms with Crippen LogP contribution in [0.5, 0.6) is 0 Å². The topological polar surface area (TPSA) is 17.1 Å². The summed E-state index contributed by atoms with van der Waals surface area (Å²) < 4.78 is 0. The molecule has 0 bridgehead atoms. The third kappa shape index (κ3) is 1.88. The van der Waals surface area contributed by atoms with Gasteiger partial charge in [-0.15, -0.1) is 6.58 Å². The van der Waals surface area contributed by atoms with Crippen LogP contribution in [0.1, 0.15) is 46.0 Å². The second-order valence-electron chi connectivity index (χ2n) is 6.47. The van der Waals surface area contributed by atoms with E-state index in [1.807, 2.05) is 11.8 Å². The van der Waals surface area contributed by atoms with Gasteiger partial charge in [-0.05, 0) is 49.2 Å². The Morgan fingerprint density at radius 3 is 2.83 bits per heavy atom. The van der Waals surface area contributed by atoms with Gasteiger partial charge in [0.05, 0.1) is 0 Å². The van der Waals surface area contributed by atoms with Crippen molar-refractivity contribution in [3.8, 4) is 0 Å². The fraction of sp³-hybridized carbons (Fsp3) is 0.812. The molecule has 18 heavy (non-hydrogen) atoms. The molecule has 0 aromatic rings. The van der Waals surface area contributed by atoms with Crippen LogP contribution < -0.4 is 0 Å². The van der Waals surface area contributed by atoms with Crippen LogP contribution in [-0.2, 0) is 4.79 Å². The summed E-state index contributed by atoms with van der Waals surface area (Å²) in [6.45, 7) is 8.77. The predicted octanol–water partition coefficient (Wildman–Crippen LogP) is 4.33. The molecule has 0 aromatic heterocycles. The van der Waals surface area contributed by atoms with Gasteiger partial charge < -0.3 is 0 Å². The summed E-state index contributed by atoms with van der Waals surface area (Å²) in [6.07, 6.45) is 9.65. The molecule has 1 nitrogen and oxygen atoms in total. The Hall–Kier alpha value is -0.240. The van der Waals surface area contributed by atoms with Gasteiger partial charge in [-0.25, -0.2) is 0 Å². The van der Waals surface area contributed by atoms with Crippen molar-refractivity contribution in [1.29, 1.82) is 0 Å². The van der Waals surface area contributed by atoms with Crippen LogP contribution in [0, 0.1) is 22.7 Å². The number of Topliss-reactive ketones (excluding diaryl/α,β-unsaturated/α-hetero) is 1. The highest BCUT2D eigenvalue weighted by molar-refractivity contribution is 7.98. The third-order valence-corrected chi connectivity index (χ3v) is 6.60. The van der Waals surface area contributed by atoms with Crippen LogP contribution in [0.25, 0.3) is 0 Å². The quantitative estimate of drug-likeness (QED) is 0.707. The zero-order valence-corrected chi connectivity index (χ0v) is 12.8. The zero-order chi connectivity index (χ0) is 13.4. The Kier molecular flexibility index (Phi) is 3.96. The molecule has 0 heterocycles.